The fourth-order valence-electron chi connectivity index (χ4n) is 2.91. The fraction of sp³-hybridized carbons (Fsp3) is 0.500. The quantitative estimate of drug-likeness (QED) is 0.472. The lowest BCUT2D eigenvalue weighted by molar-refractivity contribution is -0.0527. The van der Waals surface area contributed by atoms with Crippen molar-refractivity contribution in [1.29, 1.82) is 0 Å². The Balaban J connectivity index is 2.29. The first-order chi connectivity index (χ1) is 11.4. The van der Waals surface area contributed by atoms with Crippen molar-refractivity contribution in [3.8, 4) is 0 Å². The van der Waals surface area contributed by atoms with Crippen LogP contribution < -0.4 is 11.2 Å². The summed E-state index contributed by atoms with van der Waals surface area (Å²) in [5.74, 6) is 0.281. The van der Waals surface area contributed by atoms with Crippen molar-refractivity contribution in [3.05, 3.63) is 39.3 Å². The standard InChI is InChI=1S/C14H18N4O6/c1-3-4-17-8-11(15-6(2)16-12(8)22)18(14(17)23)13-10(21)9(20)7(5-19)24-13/h3,7,9-10,13,19-21H,1,4-5H2,2H3,(H,15,16,22)/t7-,9?,10+,13-/m1/s1. The average molecular weight is 338 g/mol. The van der Waals surface area contributed by atoms with Crippen LogP contribution in [0.4, 0.5) is 0 Å². The van der Waals surface area contributed by atoms with Gasteiger partial charge in [0, 0.05) is 6.54 Å². The molecule has 1 unspecified atom stereocenters. The van der Waals surface area contributed by atoms with Gasteiger partial charge in [-0.05, 0) is 6.92 Å². The van der Waals surface area contributed by atoms with Crippen LogP contribution >= 0.6 is 0 Å². The Kier molecular flexibility index (Phi) is 4.13. The zero-order valence-corrected chi connectivity index (χ0v) is 12.9. The van der Waals surface area contributed by atoms with Crippen molar-refractivity contribution in [2.75, 3.05) is 6.61 Å². The number of imidazole rings is 1. The van der Waals surface area contributed by atoms with Crippen molar-refractivity contribution in [3.63, 3.8) is 0 Å². The molecule has 4 atom stereocenters. The van der Waals surface area contributed by atoms with Crippen molar-refractivity contribution in [2.45, 2.75) is 38.0 Å². The Morgan fingerprint density at radius 3 is 2.67 bits per heavy atom. The van der Waals surface area contributed by atoms with Gasteiger partial charge in [0.1, 0.15) is 24.1 Å². The number of nitrogens with one attached hydrogen (secondary N) is 1. The summed E-state index contributed by atoms with van der Waals surface area (Å²) in [5, 5.41) is 29.3. The van der Waals surface area contributed by atoms with E-state index in [1.54, 1.807) is 6.92 Å². The summed E-state index contributed by atoms with van der Waals surface area (Å²) in [4.78, 5) is 31.7. The number of aryl methyl sites for hydroxylation is 1. The predicted molar refractivity (Wildman–Crippen MR) is 82.6 cm³/mol. The number of rotatable bonds is 4. The smallest absolute Gasteiger partial charge is 0.333 e. The molecule has 0 aromatic carbocycles. The highest BCUT2D eigenvalue weighted by Gasteiger charge is 2.45. The summed E-state index contributed by atoms with van der Waals surface area (Å²) >= 11 is 0. The molecule has 1 saturated heterocycles. The Bertz CT molecular complexity index is 897. The highest BCUT2D eigenvalue weighted by molar-refractivity contribution is 5.70. The molecule has 3 rings (SSSR count). The normalized spacial score (nSPS) is 27.0. The highest BCUT2D eigenvalue weighted by atomic mass is 16.6. The van der Waals surface area contributed by atoms with E-state index in [1.165, 1.54) is 6.08 Å². The first-order valence-corrected chi connectivity index (χ1v) is 7.35. The Morgan fingerprint density at radius 2 is 2.08 bits per heavy atom. The minimum atomic E-state index is -1.45. The molecule has 0 aliphatic carbocycles. The number of hydrogen-bond acceptors (Lipinski definition) is 7. The van der Waals surface area contributed by atoms with Gasteiger partial charge in [-0.3, -0.25) is 9.36 Å². The van der Waals surface area contributed by atoms with Crippen LogP contribution in [0.5, 0.6) is 0 Å². The minimum Gasteiger partial charge on any atom is -0.394 e. The monoisotopic (exact) mass is 338 g/mol. The number of hydrogen-bond donors (Lipinski definition) is 4. The molecule has 1 aliphatic heterocycles. The Labute approximate surface area is 135 Å². The molecule has 0 spiro atoms. The zero-order chi connectivity index (χ0) is 17.6. The van der Waals surface area contributed by atoms with E-state index in [0.717, 1.165) is 9.13 Å². The van der Waals surface area contributed by atoms with Gasteiger partial charge < -0.3 is 25.0 Å². The van der Waals surface area contributed by atoms with Crippen LogP contribution in [0.3, 0.4) is 0 Å². The van der Waals surface area contributed by atoms with Crippen LogP contribution in [-0.4, -0.2) is 59.3 Å². The lowest BCUT2D eigenvalue weighted by Gasteiger charge is -2.15. The second kappa shape index (κ2) is 5.98. The molecule has 1 fully saturated rings. The first kappa shape index (κ1) is 16.6. The topological polar surface area (TPSA) is 143 Å². The highest BCUT2D eigenvalue weighted by Crippen LogP contribution is 2.30. The summed E-state index contributed by atoms with van der Waals surface area (Å²) in [6.07, 6.45) is -3.69. The summed E-state index contributed by atoms with van der Waals surface area (Å²) in [7, 11) is 0. The van der Waals surface area contributed by atoms with E-state index in [1.807, 2.05) is 0 Å². The van der Waals surface area contributed by atoms with Gasteiger partial charge in [0.2, 0.25) is 0 Å². The molecule has 3 heterocycles. The molecule has 130 valence electrons. The second-order valence-electron chi connectivity index (χ2n) is 5.60. The van der Waals surface area contributed by atoms with Crippen LogP contribution in [0.2, 0.25) is 0 Å². The van der Waals surface area contributed by atoms with Gasteiger partial charge in [0.05, 0.1) is 6.61 Å². The van der Waals surface area contributed by atoms with E-state index in [4.69, 9.17) is 4.74 Å². The van der Waals surface area contributed by atoms with Gasteiger partial charge in [-0.2, -0.15) is 0 Å². The third kappa shape index (κ3) is 2.31. The molecule has 2 aromatic rings. The molecule has 2 aromatic heterocycles. The van der Waals surface area contributed by atoms with Crippen LogP contribution in [-0.2, 0) is 11.3 Å². The Morgan fingerprint density at radius 1 is 1.38 bits per heavy atom. The summed E-state index contributed by atoms with van der Waals surface area (Å²) in [6, 6.07) is 0. The van der Waals surface area contributed by atoms with Gasteiger partial charge in [-0.15, -0.1) is 6.58 Å². The summed E-state index contributed by atoms with van der Waals surface area (Å²) < 4.78 is 7.58. The molecule has 0 amide bonds. The maximum Gasteiger partial charge on any atom is 0.333 e. The molecule has 0 radical (unpaired) electrons. The molecule has 0 bridgehead atoms. The molecule has 1 aliphatic rings. The predicted octanol–water partition coefficient (Wildman–Crippen LogP) is -2.01. The van der Waals surface area contributed by atoms with Crippen molar-refractivity contribution in [2.24, 2.45) is 0 Å². The van der Waals surface area contributed by atoms with E-state index in [0.29, 0.717) is 0 Å². The van der Waals surface area contributed by atoms with Crippen LogP contribution in [0.25, 0.3) is 11.2 Å². The van der Waals surface area contributed by atoms with E-state index in [-0.39, 0.29) is 23.5 Å². The van der Waals surface area contributed by atoms with E-state index in [2.05, 4.69) is 16.5 Å². The maximum absolute atomic E-state index is 12.7. The van der Waals surface area contributed by atoms with Gasteiger partial charge in [-0.1, -0.05) is 6.08 Å². The molecule has 10 nitrogen and oxygen atoms in total. The van der Waals surface area contributed by atoms with Gasteiger partial charge in [-0.25, -0.2) is 14.3 Å². The number of ether oxygens (including phenoxy) is 1. The summed E-state index contributed by atoms with van der Waals surface area (Å²) in [5.41, 5.74) is -1.11. The number of aromatic nitrogens is 4. The van der Waals surface area contributed by atoms with Crippen LogP contribution in [0.1, 0.15) is 12.1 Å². The number of aliphatic hydroxyl groups is 3. The van der Waals surface area contributed by atoms with Gasteiger partial charge in [0.15, 0.2) is 17.4 Å². The molecular formula is C14H18N4O6. The molecule has 4 N–H and O–H groups in total. The number of aromatic amines is 1. The third-order valence-corrected chi connectivity index (χ3v) is 4.01. The lowest BCUT2D eigenvalue weighted by atomic mass is 10.1. The summed E-state index contributed by atoms with van der Waals surface area (Å²) in [6.45, 7) is 4.64. The fourth-order valence-corrected chi connectivity index (χ4v) is 2.91. The number of fused-ring (bicyclic) bond motifs is 1. The molecular weight excluding hydrogens is 320 g/mol. The zero-order valence-electron chi connectivity index (χ0n) is 12.9. The minimum absolute atomic E-state index is 0.0169. The van der Waals surface area contributed by atoms with Crippen molar-refractivity contribution >= 4 is 11.2 Å². The molecule has 0 saturated carbocycles. The number of aliphatic hydroxyl groups excluding tert-OH is 3. The first-order valence-electron chi connectivity index (χ1n) is 7.35. The van der Waals surface area contributed by atoms with E-state index in [9.17, 15) is 24.9 Å². The maximum atomic E-state index is 12.7. The van der Waals surface area contributed by atoms with E-state index < -0.39 is 42.4 Å². The lowest BCUT2D eigenvalue weighted by Crippen LogP contribution is -2.36. The number of H-pyrrole nitrogens is 1. The molecule has 24 heavy (non-hydrogen) atoms. The second-order valence-corrected chi connectivity index (χ2v) is 5.60. The SMILES string of the molecule is C=CCn1c(=O)n([C@@H]2O[C@H](CO)C(O)[C@@H]2O)c2nc(C)[nH]c(=O)c21. The third-order valence-electron chi connectivity index (χ3n) is 4.01. The Hall–Kier alpha value is -2.27. The van der Waals surface area contributed by atoms with Crippen molar-refractivity contribution < 1.29 is 20.1 Å². The average Bonchev–Trinajstić information content (AvgIpc) is 2.96. The van der Waals surface area contributed by atoms with Crippen molar-refractivity contribution in [1.82, 2.24) is 19.1 Å². The van der Waals surface area contributed by atoms with Gasteiger partial charge >= 0.3 is 5.69 Å². The molecule has 10 heteroatoms. The number of nitrogens with zero attached hydrogens (tertiary/aromatic N) is 3. The van der Waals surface area contributed by atoms with Gasteiger partial charge in [0.25, 0.3) is 5.56 Å². The van der Waals surface area contributed by atoms with Crippen LogP contribution in [0, 0.1) is 6.92 Å². The van der Waals surface area contributed by atoms with E-state index >= 15 is 0 Å². The number of allylic oxidation sites excluding steroid dienone is 1. The largest absolute Gasteiger partial charge is 0.394 e. The van der Waals surface area contributed by atoms with Crippen LogP contribution in [0.15, 0.2) is 22.2 Å².